The molecule has 0 heterocycles. The van der Waals surface area contributed by atoms with Gasteiger partial charge in [-0.05, 0) is 19.3 Å². The number of carbonyl (C=O) groups is 1. The number of amides is 1. The van der Waals surface area contributed by atoms with Gasteiger partial charge < -0.3 is 28.8 Å². The molecule has 3 atom stereocenters. The molecule has 0 fully saturated rings. The maximum Gasteiger partial charge on any atom is 0.268 e. The van der Waals surface area contributed by atoms with Gasteiger partial charge in [0, 0.05) is 6.42 Å². The minimum atomic E-state index is -4.59. The minimum Gasteiger partial charge on any atom is -0.756 e. The van der Waals surface area contributed by atoms with Crippen molar-refractivity contribution in [1.29, 1.82) is 0 Å². The fourth-order valence-corrected chi connectivity index (χ4v) is 9.11. The monoisotopic (exact) mass is 913 g/mol. The van der Waals surface area contributed by atoms with E-state index in [1.54, 1.807) is 6.08 Å². The third-order valence-corrected chi connectivity index (χ3v) is 13.7. The number of quaternary nitrogens is 1. The van der Waals surface area contributed by atoms with Crippen molar-refractivity contribution in [3.63, 3.8) is 0 Å². The van der Waals surface area contributed by atoms with Gasteiger partial charge in [0.15, 0.2) is 0 Å². The van der Waals surface area contributed by atoms with Crippen molar-refractivity contribution >= 4 is 13.7 Å². The molecular formula is C54H109N2O6P. The Morgan fingerprint density at radius 3 is 1.19 bits per heavy atom. The number of aliphatic hydroxyl groups excluding tert-OH is 1. The number of carbonyl (C=O) groups excluding carboxylic acids is 1. The Morgan fingerprint density at radius 1 is 0.540 bits per heavy atom. The highest BCUT2D eigenvalue weighted by Gasteiger charge is 2.23. The number of allylic oxidation sites excluding steroid dienone is 1. The van der Waals surface area contributed by atoms with E-state index in [1.165, 1.54) is 218 Å². The largest absolute Gasteiger partial charge is 0.756 e. The van der Waals surface area contributed by atoms with Crippen molar-refractivity contribution in [3.05, 3.63) is 12.2 Å². The fourth-order valence-electron chi connectivity index (χ4n) is 8.39. The molecule has 0 aliphatic rings. The molecule has 0 aliphatic carbocycles. The van der Waals surface area contributed by atoms with E-state index >= 15 is 0 Å². The molecule has 63 heavy (non-hydrogen) atoms. The Hall–Kier alpha value is -0.760. The summed E-state index contributed by atoms with van der Waals surface area (Å²) >= 11 is 0. The van der Waals surface area contributed by atoms with Gasteiger partial charge in [-0.15, -0.1) is 0 Å². The van der Waals surface area contributed by atoms with Gasteiger partial charge in [0.25, 0.3) is 7.82 Å². The lowest BCUT2D eigenvalue weighted by atomic mass is 10.0. The van der Waals surface area contributed by atoms with Gasteiger partial charge in [0.05, 0.1) is 39.9 Å². The highest BCUT2D eigenvalue weighted by atomic mass is 31.2. The Balaban J connectivity index is 4.19. The zero-order chi connectivity index (χ0) is 46.4. The summed E-state index contributed by atoms with van der Waals surface area (Å²) in [6.07, 6.45) is 55.6. The first-order valence-electron chi connectivity index (χ1n) is 27.6. The molecule has 2 N–H and O–H groups in total. The van der Waals surface area contributed by atoms with Gasteiger partial charge in [-0.1, -0.05) is 264 Å². The third-order valence-electron chi connectivity index (χ3n) is 12.7. The summed E-state index contributed by atoms with van der Waals surface area (Å²) in [5.41, 5.74) is 0. The number of aliphatic hydroxyl groups is 1. The van der Waals surface area contributed by atoms with E-state index in [0.29, 0.717) is 17.4 Å². The second kappa shape index (κ2) is 46.4. The topological polar surface area (TPSA) is 108 Å². The molecule has 0 saturated heterocycles. The average molecular weight is 913 g/mol. The summed E-state index contributed by atoms with van der Waals surface area (Å²) in [6.45, 7) is 4.69. The van der Waals surface area contributed by atoms with Crippen LogP contribution in [-0.4, -0.2) is 68.5 Å². The molecule has 3 unspecified atom stereocenters. The first-order valence-corrected chi connectivity index (χ1v) is 29.0. The predicted molar refractivity (Wildman–Crippen MR) is 270 cm³/mol. The molecule has 0 aromatic rings. The number of phosphoric acid groups is 1. The summed E-state index contributed by atoms with van der Waals surface area (Å²) < 4.78 is 23.3. The van der Waals surface area contributed by atoms with E-state index in [-0.39, 0.29) is 19.1 Å². The second-order valence-corrected chi connectivity index (χ2v) is 21.7. The molecular weight excluding hydrogens is 804 g/mol. The Kier molecular flexibility index (Phi) is 45.8. The van der Waals surface area contributed by atoms with E-state index in [2.05, 4.69) is 19.2 Å². The van der Waals surface area contributed by atoms with Crippen LogP contribution in [0.2, 0.25) is 0 Å². The molecule has 0 aliphatic heterocycles. The van der Waals surface area contributed by atoms with Crippen molar-refractivity contribution in [2.24, 2.45) is 0 Å². The van der Waals surface area contributed by atoms with Crippen LogP contribution in [0.1, 0.15) is 277 Å². The lowest BCUT2D eigenvalue weighted by Crippen LogP contribution is -2.45. The molecule has 8 nitrogen and oxygen atoms in total. The van der Waals surface area contributed by atoms with E-state index < -0.39 is 20.0 Å². The molecule has 0 radical (unpaired) electrons. The van der Waals surface area contributed by atoms with Crippen molar-refractivity contribution in [3.8, 4) is 0 Å². The Morgan fingerprint density at radius 2 is 0.857 bits per heavy atom. The van der Waals surface area contributed by atoms with Crippen molar-refractivity contribution in [2.75, 3.05) is 40.9 Å². The van der Waals surface area contributed by atoms with Gasteiger partial charge in [-0.3, -0.25) is 9.36 Å². The SMILES string of the molecule is CCCCCCCCCCCCCCCCCCCCCCCCC/C=C/C(O)C(COP(=O)([O-])OCC[N+](C)(C)C)NC(=O)CCCCCCCCCCCCCCCCCC. The van der Waals surface area contributed by atoms with Crippen LogP contribution in [0.25, 0.3) is 0 Å². The Labute approximate surface area is 392 Å². The summed E-state index contributed by atoms with van der Waals surface area (Å²) in [6, 6.07) is -0.881. The van der Waals surface area contributed by atoms with Crippen LogP contribution in [0.3, 0.4) is 0 Å². The number of rotatable bonds is 51. The first-order chi connectivity index (χ1) is 30.5. The van der Waals surface area contributed by atoms with Crippen LogP contribution in [-0.2, 0) is 18.4 Å². The zero-order valence-corrected chi connectivity index (χ0v) is 43.7. The molecule has 9 heteroatoms. The summed E-state index contributed by atoms with van der Waals surface area (Å²) in [7, 11) is 1.28. The van der Waals surface area contributed by atoms with Crippen molar-refractivity contribution in [1.82, 2.24) is 5.32 Å². The van der Waals surface area contributed by atoms with Crippen molar-refractivity contribution < 1.29 is 32.9 Å². The Bertz CT molecular complexity index is 1040. The van der Waals surface area contributed by atoms with Crippen LogP contribution >= 0.6 is 7.82 Å². The number of phosphoric ester groups is 1. The standard InChI is InChI=1S/C54H109N2O6P/c1-6-8-10-12-14-16-18-20-22-24-25-26-27-28-29-30-31-32-33-35-37-39-41-43-45-47-53(57)52(51-62-63(59,60)61-50-49-56(3,4)5)55-54(58)48-46-44-42-40-38-36-34-23-21-19-17-15-13-11-9-7-2/h45,47,52-53,57H,6-44,46,48-51H2,1-5H3,(H-,55,58,59,60)/b47-45+. The average Bonchev–Trinajstić information content (AvgIpc) is 3.24. The van der Waals surface area contributed by atoms with Crippen LogP contribution in [0.15, 0.2) is 12.2 Å². The van der Waals surface area contributed by atoms with E-state index in [4.69, 9.17) is 9.05 Å². The molecule has 0 bridgehead atoms. The summed E-state index contributed by atoms with van der Waals surface area (Å²) in [5.74, 6) is -0.192. The smallest absolute Gasteiger partial charge is 0.268 e. The molecule has 0 aromatic carbocycles. The van der Waals surface area contributed by atoms with E-state index in [9.17, 15) is 19.4 Å². The summed E-state index contributed by atoms with van der Waals surface area (Å²) in [4.78, 5) is 25.4. The maximum absolute atomic E-state index is 12.9. The number of likely N-dealkylation sites (N-methyl/N-ethyl adjacent to an activating group) is 1. The number of nitrogens with zero attached hydrogens (tertiary/aromatic N) is 1. The van der Waals surface area contributed by atoms with Crippen LogP contribution in [0.5, 0.6) is 0 Å². The number of hydrogen-bond acceptors (Lipinski definition) is 6. The van der Waals surface area contributed by atoms with Crippen molar-refractivity contribution in [2.45, 2.75) is 289 Å². The molecule has 376 valence electrons. The van der Waals surface area contributed by atoms with Crippen LogP contribution in [0, 0.1) is 0 Å². The summed E-state index contributed by atoms with van der Waals surface area (Å²) in [5, 5.41) is 13.9. The molecule has 0 saturated carbocycles. The fraction of sp³-hybridized carbons (Fsp3) is 0.944. The van der Waals surface area contributed by atoms with Gasteiger partial charge in [0.2, 0.25) is 5.91 Å². The minimum absolute atomic E-state index is 0.00256. The molecule has 1 amide bonds. The highest BCUT2D eigenvalue weighted by Crippen LogP contribution is 2.38. The lowest BCUT2D eigenvalue weighted by molar-refractivity contribution is -0.870. The van der Waals surface area contributed by atoms with Gasteiger partial charge >= 0.3 is 0 Å². The maximum atomic E-state index is 12.9. The van der Waals surface area contributed by atoms with Gasteiger partial charge in [0.1, 0.15) is 13.2 Å². The third kappa shape index (κ3) is 49.0. The normalized spacial score (nSPS) is 14.1. The number of nitrogens with one attached hydrogen (secondary N) is 1. The van der Waals surface area contributed by atoms with Gasteiger partial charge in [-0.2, -0.15) is 0 Å². The lowest BCUT2D eigenvalue weighted by Gasteiger charge is -2.29. The molecule has 0 spiro atoms. The molecule has 0 rings (SSSR count). The highest BCUT2D eigenvalue weighted by molar-refractivity contribution is 7.45. The van der Waals surface area contributed by atoms with E-state index in [0.717, 1.165) is 38.5 Å². The second-order valence-electron chi connectivity index (χ2n) is 20.3. The first kappa shape index (κ1) is 62.2. The van der Waals surface area contributed by atoms with E-state index in [1.807, 2.05) is 27.2 Å². The quantitative estimate of drug-likeness (QED) is 0.0272. The predicted octanol–water partition coefficient (Wildman–Crippen LogP) is 15.6. The van der Waals surface area contributed by atoms with Crippen LogP contribution < -0.4 is 10.2 Å². The number of unbranched alkanes of at least 4 members (excludes halogenated alkanes) is 38. The number of hydrogen-bond donors (Lipinski definition) is 2. The zero-order valence-electron chi connectivity index (χ0n) is 42.8. The van der Waals surface area contributed by atoms with Crippen LogP contribution in [0.4, 0.5) is 0 Å². The molecule has 0 aromatic heterocycles. The van der Waals surface area contributed by atoms with Gasteiger partial charge in [-0.25, -0.2) is 0 Å².